The average Bonchev–Trinajstić information content (AvgIpc) is 2.20. The van der Waals surface area contributed by atoms with Crippen molar-refractivity contribution in [1.29, 1.82) is 0 Å². The van der Waals surface area contributed by atoms with Crippen LogP contribution in [0.1, 0.15) is 10.4 Å². The van der Waals surface area contributed by atoms with Crippen molar-refractivity contribution in [3.05, 3.63) is 17.7 Å². The van der Waals surface area contributed by atoms with Crippen molar-refractivity contribution in [1.82, 2.24) is 0 Å². The highest BCUT2D eigenvalue weighted by molar-refractivity contribution is 5.93. The molecule has 0 saturated heterocycles. The first-order valence-electron chi connectivity index (χ1n) is 3.78. The summed E-state index contributed by atoms with van der Waals surface area (Å²) in [6.45, 7) is 0. The number of esters is 1. The Morgan fingerprint density at radius 1 is 1.21 bits per heavy atom. The fourth-order valence-electron chi connectivity index (χ4n) is 0.996. The Morgan fingerprint density at radius 2 is 1.79 bits per heavy atom. The van der Waals surface area contributed by atoms with Gasteiger partial charge in [-0.05, 0) is 0 Å². The Balaban J connectivity index is 3.27. The van der Waals surface area contributed by atoms with Crippen LogP contribution in [0.3, 0.4) is 0 Å². The van der Waals surface area contributed by atoms with E-state index in [0.29, 0.717) is 0 Å². The van der Waals surface area contributed by atoms with Crippen LogP contribution in [0.2, 0.25) is 0 Å². The maximum atomic E-state index is 11.2. The van der Waals surface area contributed by atoms with Crippen LogP contribution in [0.4, 0.5) is 0 Å². The third kappa shape index (κ3) is 1.71. The van der Waals surface area contributed by atoms with Gasteiger partial charge in [0.2, 0.25) is 0 Å². The van der Waals surface area contributed by atoms with Gasteiger partial charge < -0.3 is 19.7 Å². The number of benzene rings is 1. The van der Waals surface area contributed by atoms with E-state index in [1.807, 2.05) is 0 Å². The number of ether oxygens (including phenoxy) is 2. The molecule has 0 saturated carbocycles. The monoisotopic (exact) mass is 198 g/mol. The smallest absolute Gasteiger partial charge is 0.341 e. The molecule has 0 fully saturated rings. The predicted octanol–water partition coefficient (Wildman–Crippen LogP) is 0.893. The second-order valence-corrected chi connectivity index (χ2v) is 2.53. The molecule has 0 aliphatic carbocycles. The van der Waals surface area contributed by atoms with Crippen LogP contribution in [-0.2, 0) is 4.74 Å². The Kier molecular flexibility index (Phi) is 2.81. The molecule has 1 aromatic rings. The maximum Gasteiger partial charge on any atom is 0.341 e. The number of phenols is 2. The summed E-state index contributed by atoms with van der Waals surface area (Å²) in [6.07, 6.45) is 0. The molecule has 0 amide bonds. The summed E-state index contributed by atoms with van der Waals surface area (Å²) < 4.78 is 9.29. The minimum atomic E-state index is -0.642. The summed E-state index contributed by atoms with van der Waals surface area (Å²) in [5.41, 5.74) is 0.0605. The van der Waals surface area contributed by atoms with Crippen molar-refractivity contribution in [2.24, 2.45) is 0 Å². The van der Waals surface area contributed by atoms with Crippen molar-refractivity contribution < 1.29 is 24.5 Å². The molecule has 5 nitrogen and oxygen atoms in total. The molecule has 0 heterocycles. The van der Waals surface area contributed by atoms with Gasteiger partial charge in [-0.3, -0.25) is 0 Å². The molecule has 1 rings (SSSR count). The SMILES string of the molecule is COC(=O)c1cc(O)c(O)cc1OC. The molecular formula is C9H10O5. The van der Waals surface area contributed by atoms with Gasteiger partial charge in [0, 0.05) is 12.1 Å². The van der Waals surface area contributed by atoms with E-state index in [9.17, 15) is 4.79 Å². The Morgan fingerprint density at radius 3 is 2.29 bits per heavy atom. The summed E-state index contributed by atoms with van der Waals surface area (Å²) in [5, 5.41) is 18.3. The average molecular weight is 198 g/mol. The second kappa shape index (κ2) is 3.87. The first-order valence-corrected chi connectivity index (χ1v) is 3.78. The van der Waals surface area contributed by atoms with Gasteiger partial charge in [-0.1, -0.05) is 0 Å². The van der Waals surface area contributed by atoms with E-state index in [2.05, 4.69) is 4.74 Å². The van der Waals surface area contributed by atoms with Crippen molar-refractivity contribution in [3.8, 4) is 17.2 Å². The van der Waals surface area contributed by atoms with Crippen molar-refractivity contribution in [2.45, 2.75) is 0 Å². The lowest BCUT2D eigenvalue weighted by Gasteiger charge is -2.07. The highest BCUT2D eigenvalue weighted by atomic mass is 16.5. The molecule has 0 spiro atoms. The van der Waals surface area contributed by atoms with Crippen LogP contribution in [0.25, 0.3) is 0 Å². The zero-order valence-corrected chi connectivity index (χ0v) is 7.77. The topological polar surface area (TPSA) is 76.0 Å². The fraction of sp³-hybridized carbons (Fsp3) is 0.222. The zero-order valence-electron chi connectivity index (χ0n) is 7.77. The van der Waals surface area contributed by atoms with Gasteiger partial charge in [0.05, 0.1) is 14.2 Å². The van der Waals surface area contributed by atoms with Gasteiger partial charge in [0.25, 0.3) is 0 Å². The number of methoxy groups -OCH3 is 2. The van der Waals surface area contributed by atoms with E-state index in [0.717, 1.165) is 12.1 Å². The third-order valence-corrected chi connectivity index (χ3v) is 1.70. The minimum Gasteiger partial charge on any atom is -0.504 e. The normalized spacial score (nSPS) is 9.57. The molecule has 1 aromatic carbocycles. The van der Waals surface area contributed by atoms with Gasteiger partial charge in [0.15, 0.2) is 11.5 Å². The van der Waals surface area contributed by atoms with Crippen LogP contribution in [-0.4, -0.2) is 30.4 Å². The summed E-state index contributed by atoms with van der Waals surface area (Å²) in [6, 6.07) is 2.22. The molecule has 0 bridgehead atoms. The van der Waals surface area contributed by atoms with Crippen molar-refractivity contribution in [3.63, 3.8) is 0 Å². The number of hydrogen-bond acceptors (Lipinski definition) is 5. The first-order chi connectivity index (χ1) is 6.60. The third-order valence-electron chi connectivity index (χ3n) is 1.70. The van der Waals surface area contributed by atoms with Crippen molar-refractivity contribution in [2.75, 3.05) is 14.2 Å². The van der Waals surface area contributed by atoms with Gasteiger partial charge in [-0.25, -0.2) is 4.79 Å². The summed E-state index contributed by atoms with van der Waals surface area (Å²) in [5.74, 6) is -1.25. The van der Waals surface area contributed by atoms with E-state index < -0.39 is 11.7 Å². The van der Waals surface area contributed by atoms with E-state index in [1.165, 1.54) is 14.2 Å². The zero-order chi connectivity index (χ0) is 10.7. The molecule has 0 aliphatic rings. The standard InChI is InChI=1S/C9H10O5/c1-13-8-4-7(11)6(10)3-5(8)9(12)14-2/h3-4,10-11H,1-2H3. The highest BCUT2D eigenvalue weighted by Gasteiger charge is 2.16. The first kappa shape index (κ1) is 10.2. The number of aromatic hydroxyl groups is 2. The van der Waals surface area contributed by atoms with E-state index in [4.69, 9.17) is 14.9 Å². The van der Waals surface area contributed by atoms with E-state index in [-0.39, 0.29) is 17.1 Å². The summed E-state index contributed by atoms with van der Waals surface area (Å²) in [7, 11) is 2.56. The van der Waals surface area contributed by atoms with Crippen LogP contribution in [0, 0.1) is 0 Å². The quantitative estimate of drug-likeness (QED) is 0.545. The lowest BCUT2D eigenvalue weighted by molar-refractivity contribution is 0.0596. The van der Waals surface area contributed by atoms with Gasteiger partial charge in [-0.2, -0.15) is 0 Å². The molecular weight excluding hydrogens is 188 g/mol. The van der Waals surface area contributed by atoms with E-state index >= 15 is 0 Å². The van der Waals surface area contributed by atoms with Crippen LogP contribution < -0.4 is 4.74 Å². The number of phenolic OH excluding ortho intramolecular Hbond substituents is 2. The number of carbonyl (C=O) groups excluding carboxylic acids is 1. The Bertz CT molecular complexity index is 358. The van der Waals surface area contributed by atoms with Crippen LogP contribution in [0.15, 0.2) is 12.1 Å². The number of rotatable bonds is 2. The molecule has 76 valence electrons. The van der Waals surface area contributed by atoms with Crippen LogP contribution in [0.5, 0.6) is 17.2 Å². The molecule has 5 heteroatoms. The molecule has 0 radical (unpaired) electrons. The minimum absolute atomic E-state index is 0.0605. The van der Waals surface area contributed by atoms with Gasteiger partial charge in [0.1, 0.15) is 11.3 Å². The summed E-state index contributed by atoms with van der Waals surface area (Å²) in [4.78, 5) is 11.2. The second-order valence-electron chi connectivity index (χ2n) is 2.53. The Hall–Kier alpha value is -1.91. The van der Waals surface area contributed by atoms with Crippen molar-refractivity contribution >= 4 is 5.97 Å². The predicted molar refractivity (Wildman–Crippen MR) is 47.7 cm³/mol. The van der Waals surface area contributed by atoms with Gasteiger partial charge in [-0.15, -0.1) is 0 Å². The van der Waals surface area contributed by atoms with E-state index in [1.54, 1.807) is 0 Å². The molecule has 2 N–H and O–H groups in total. The molecule has 0 aliphatic heterocycles. The Labute approximate surface area is 80.5 Å². The number of carbonyl (C=O) groups is 1. The highest BCUT2D eigenvalue weighted by Crippen LogP contribution is 2.32. The van der Waals surface area contributed by atoms with Gasteiger partial charge >= 0.3 is 5.97 Å². The summed E-state index contributed by atoms with van der Waals surface area (Å²) >= 11 is 0. The lowest BCUT2D eigenvalue weighted by atomic mass is 10.2. The lowest BCUT2D eigenvalue weighted by Crippen LogP contribution is -2.03. The molecule has 14 heavy (non-hydrogen) atoms. The number of hydrogen-bond donors (Lipinski definition) is 2. The largest absolute Gasteiger partial charge is 0.504 e. The molecule has 0 aromatic heterocycles. The fourth-order valence-corrected chi connectivity index (χ4v) is 0.996. The molecule has 0 atom stereocenters. The maximum absolute atomic E-state index is 11.2. The molecule has 0 unspecified atom stereocenters. The van der Waals surface area contributed by atoms with Crippen LogP contribution >= 0.6 is 0 Å².